The van der Waals surface area contributed by atoms with E-state index in [1.54, 1.807) is 34.1 Å². The number of hydrogen-bond acceptors (Lipinski definition) is 7. The lowest BCUT2D eigenvalue weighted by atomic mass is 9.97. The lowest BCUT2D eigenvalue weighted by molar-refractivity contribution is -0.113. The number of aromatic nitrogens is 2. The first-order chi connectivity index (χ1) is 17.1. The second-order valence-electron chi connectivity index (χ2n) is 8.31. The number of amides is 1. The summed E-state index contributed by atoms with van der Waals surface area (Å²) in [6, 6.07) is 12.8. The van der Waals surface area contributed by atoms with Crippen LogP contribution in [0, 0.1) is 0 Å². The summed E-state index contributed by atoms with van der Waals surface area (Å²) in [5, 5.41) is 4.11. The lowest BCUT2D eigenvalue weighted by Crippen LogP contribution is -2.23. The van der Waals surface area contributed by atoms with Gasteiger partial charge in [-0.1, -0.05) is 27.7 Å². The fraction of sp³-hybridized carbons (Fsp3) is 0.240. The Morgan fingerprint density at radius 3 is 2.77 bits per heavy atom. The number of anilines is 1. The molecular weight excluding hydrogens is 550 g/mol. The van der Waals surface area contributed by atoms with Crippen LogP contribution >= 0.6 is 39.0 Å². The Morgan fingerprint density at radius 1 is 1.11 bits per heavy atom. The van der Waals surface area contributed by atoms with Crippen LogP contribution < -0.4 is 20.3 Å². The van der Waals surface area contributed by atoms with E-state index in [0.29, 0.717) is 22.3 Å². The van der Waals surface area contributed by atoms with Gasteiger partial charge in [-0.3, -0.25) is 14.2 Å². The van der Waals surface area contributed by atoms with E-state index in [-0.39, 0.29) is 24.0 Å². The summed E-state index contributed by atoms with van der Waals surface area (Å²) in [6.45, 7) is 0.177. The lowest BCUT2D eigenvalue weighted by Gasteiger charge is -2.14. The SMILES string of the molecule is O=C(CSc1nc2sc3c(c2c(=O)n1-c1ccc(Br)cc1)CCCC3)Nc1ccc2c(c1)OCO2. The van der Waals surface area contributed by atoms with E-state index in [0.717, 1.165) is 51.6 Å². The van der Waals surface area contributed by atoms with Crippen molar-refractivity contribution in [3.8, 4) is 17.2 Å². The van der Waals surface area contributed by atoms with Crippen LogP contribution in [0.3, 0.4) is 0 Å². The number of thioether (sulfide) groups is 1. The van der Waals surface area contributed by atoms with Crippen molar-refractivity contribution < 1.29 is 14.3 Å². The van der Waals surface area contributed by atoms with Gasteiger partial charge < -0.3 is 14.8 Å². The highest BCUT2D eigenvalue weighted by Crippen LogP contribution is 2.36. The van der Waals surface area contributed by atoms with E-state index in [9.17, 15) is 9.59 Å². The molecule has 1 aliphatic heterocycles. The monoisotopic (exact) mass is 569 g/mol. The molecule has 1 aliphatic carbocycles. The Bertz CT molecular complexity index is 1510. The van der Waals surface area contributed by atoms with Crippen LogP contribution in [-0.4, -0.2) is 28.0 Å². The van der Waals surface area contributed by atoms with Gasteiger partial charge in [0.15, 0.2) is 16.7 Å². The van der Waals surface area contributed by atoms with Crippen LogP contribution in [0.5, 0.6) is 11.5 Å². The average molecular weight is 570 g/mol. The molecule has 0 saturated heterocycles. The standard InChI is InChI=1S/C25H20BrN3O4S2/c26-14-5-8-16(9-6-14)29-24(31)22-17-3-1-2-4-20(17)35-23(22)28-25(29)34-12-21(30)27-15-7-10-18-19(11-15)33-13-32-18/h5-11H,1-4,12-13H2,(H,27,30). The molecule has 0 fully saturated rings. The fourth-order valence-electron chi connectivity index (χ4n) is 4.40. The van der Waals surface area contributed by atoms with E-state index in [1.807, 2.05) is 24.3 Å². The molecule has 2 aliphatic rings. The van der Waals surface area contributed by atoms with Crippen molar-refractivity contribution in [2.75, 3.05) is 17.9 Å². The number of benzene rings is 2. The number of rotatable bonds is 5. The molecule has 1 N–H and O–H groups in total. The molecule has 35 heavy (non-hydrogen) atoms. The molecule has 2 aromatic carbocycles. The van der Waals surface area contributed by atoms with Crippen molar-refractivity contribution in [3.63, 3.8) is 0 Å². The van der Waals surface area contributed by atoms with Gasteiger partial charge in [-0.05, 0) is 67.6 Å². The maximum absolute atomic E-state index is 13.8. The Labute approximate surface area is 217 Å². The number of halogens is 1. The molecule has 178 valence electrons. The Hall–Kier alpha value is -2.82. The maximum Gasteiger partial charge on any atom is 0.267 e. The predicted octanol–water partition coefficient (Wildman–Crippen LogP) is 5.55. The number of thiophene rings is 1. The normalized spacial score (nSPS) is 14.2. The van der Waals surface area contributed by atoms with Crippen LogP contribution in [0.15, 0.2) is 56.9 Å². The summed E-state index contributed by atoms with van der Waals surface area (Å²) < 4.78 is 13.3. The van der Waals surface area contributed by atoms with Gasteiger partial charge in [-0.2, -0.15) is 0 Å². The van der Waals surface area contributed by atoms with Crippen LogP contribution in [0.25, 0.3) is 15.9 Å². The van der Waals surface area contributed by atoms with Crippen LogP contribution in [0.2, 0.25) is 0 Å². The minimum absolute atomic E-state index is 0.0737. The summed E-state index contributed by atoms with van der Waals surface area (Å²) in [7, 11) is 0. The molecule has 0 bridgehead atoms. The fourth-order valence-corrected chi connectivity index (χ4v) is 6.78. The van der Waals surface area contributed by atoms with Gasteiger partial charge in [0.2, 0.25) is 12.7 Å². The topological polar surface area (TPSA) is 82.5 Å². The molecule has 0 spiro atoms. The third kappa shape index (κ3) is 4.34. The molecule has 6 rings (SSSR count). The van der Waals surface area contributed by atoms with Crippen molar-refractivity contribution in [2.24, 2.45) is 0 Å². The summed E-state index contributed by atoms with van der Waals surface area (Å²) in [5.41, 5.74) is 2.42. The molecule has 0 unspecified atom stereocenters. The van der Waals surface area contributed by atoms with Gasteiger partial charge in [-0.15, -0.1) is 11.3 Å². The second kappa shape index (κ2) is 9.33. The first-order valence-corrected chi connectivity index (χ1v) is 13.8. The summed E-state index contributed by atoms with van der Waals surface area (Å²) in [4.78, 5) is 33.5. The number of carbonyl (C=O) groups excluding carboxylic acids is 1. The zero-order valence-electron chi connectivity index (χ0n) is 18.5. The summed E-state index contributed by atoms with van der Waals surface area (Å²) in [5.74, 6) is 1.17. The highest BCUT2D eigenvalue weighted by Gasteiger charge is 2.23. The van der Waals surface area contributed by atoms with E-state index < -0.39 is 0 Å². The zero-order chi connectivity index (χ0) is 23.9. The first kappa shape index (κ1) is 22.6. The molecule has 0 saturated carbocycles. The quantitative estimate of drug-likeness (QED) is 0.251. The van der Waals surface area contributed by atoms with E-state index in [1.165, 1.54) is 16.6 Å². The van der Waals surface area contributed by atoms with Crippen LogP contribution in [-0.2, 0) is 17.6 Å². The van der Waals surface area contributed by atoms with Gasteiger partial charge in [0.25, 0.3) is 5.56 Å². The molecule has 2 aromatic heterocycles. The molecule has 4 aromatic rings. The van der Waals surface area contributed by atoms with Gasteiger partial charge in [0.05, 0.1) is 16.8 Å². The predicted molar refractivity (Wildman–Crippen MR) is 141 cm³/mol. The largest absolute Gasteiger partial charge is 0.454 e. The average Bonchev–Trinajstić information content (AvgIpc) is 3.47. The molecule has 0 atom stereocenters. The molecule has 1 amide bonds. The number of fused-ring (bicyclic) bond motifs is 4. The van der Waals surface area contributed by atoms with Crippen molar-refractivity contribution >= 4 is 60.8 Å². The minimum atomic E-state index is -0.198. The third-order valence-electron chi connectivity index (χ3n) is 6.03. The first-order valence-electron chi connectivity index (χ1n) is 11.2. The summed E-state index contributed by atoms with van der Waals surface area (Å²) in [6.07, 6.45) is 4.14. The minimum Gasteiger partial charge on any atom is -0.454 e. The smallest absolute Gasteiger partial charge is 0.267 e. The van der Waals surface area contributed by atoms with E-state index >= 15 is 0 Å². The molecule has 7 nitrogen and oxygen atoms in total. The van der Waals surface area contributed by atoms with Gasteiger partial charge in [0, 0.05) is 21.1 Å². The molecule has 10 heteroatoms. The zero-order valence-corrected chi connectivity index (χ0v) is 21.7. The number of hydrogen-bond donors (Lipinski definition) is 1. The highest BCUT2D eigenvalue weighted by atomic mass is 79.9. The Balaban J connectivity index is 1.33. The molecule has 3 heterocycles. The third-order valence-corrected chi connectivity index (χ3v) is 8.68. The Morgan fingerprint density at radius 2 is 1.91 bits per heavy atom. The van der Waals surface area contributed by atoms with Crippen molar-refractivity contribution in [1.29, 1.82) is 0 Å². The van der Waals surface area contributed by atoms with E-state index in [4.69, 9.17) is 14.5 Å². The van der Waals surface area contributed by atoms with Crippen molar-refractivity contribution in [2.45, 2.75) is 30.8 Å². The number of ether oxygens (including phenoxy) is 2. The number of nitrogens with zero attached hydrogens (tertiary/aromatic N) is 2. The van der Waals surface area contributed by atoms with Crippen molar-refractivity contribution in [1.82, 2.24) is 9.55 Å². The highest BCUT2D eigenvalue weighted by molar-refractivity contribution is 9.10. The van der Waals surface area contributed by atoms with Crippen molar-refractivity contribution in [3.05, 3.63) is 67.7 Å². The van der Waals surface area contributed by atoms with Gasteiger partial charge in [-0.25, -0.2) is 4.98 Å². The number of nitrogens with one attached hydrogen (secondary N) is 1. The second-order valence-corrected chi connectivity index (χ2v) is 11.2. The van der Waals surface area contributed by atoms with Crippen LogP contribution in [0.1, 0.15) is 23.3 Å². The molecular formula is C25H20BrN3O4S2. The summed E-state index contributed by atoms with van der Waals surface area (Å²) >= 11 is 6.33. The molecule has 0 radical (unpaired) electrons. The van der Waals surface area contributed by atoms with Gasteiger partial charge >= 0.3 is 0 Å². The number of aryl methyl sites for hydroxylation is 2. The number of carbonyl (C=O) groups is 1. The van der Waals surface area contributed by atoms with Crippen LogP contribution in [0.4, 0.5) is 5.69 Å². The van der Waals surface area contributed by atoms with Gasteiger partial charge in [0.1, 0.15) is 4.83 Å². The maximum atomic E-state index is 13.8. The van der Waals surface area contributed by atoms with E-state index in [2.05, 4.69) is 21.2 Å². The Kier molecular flexibility index (Phi) is 6.03.